The smallest absolute Gasteiger partial charge is 0.113 e. The van der Waals surface area contributed by atoms with Crippen LogP contribution < -0.4 is 5.32 Å². The van der Waals surface area contributed by atoms with Crippen LogP contribution in [0.2, 0.25) is 0 Å². The Morgan fingerprint density at radius 3 is 2.57 bits per heavy atom. The Labute approximate surface area is 133 Å². The molecule has 0 spiro atoms. The third-order valence-electron chi connectivity index (χ3n) is 4.62. The number of rotatable bonds is 6. The first kappa shape index (κ1) is 16.9. The van der Waals surface area contributed by atoms with Crippen LogP contribution in [0.15, 0.2) is 5.38 Å². The van der Waals surface area contributed by atoms with E-state index >= 15 is 0 Å². The van der Waals surface area contributed by atoms with Crippen molar-refractivity contribution >= 4 is 11.3 Å². The molecule has 0 amide bonds. The number of methoxy groups -OCH3 is 1. The van der Waals surface area contributed by atoms with Crippen molar-refractivity contribution in [1.29, 1.82) is 0 Å². The summed E-state index contributed by atoms with van der Waals surface area (Å²) in [5.74, 6) is 1.56. The molecule has 0 atom stereocenters. The Hall–Kier alpha value is -0.450. The topological polar surface area (TPSA) is 34.1 Å². The minimum Gasteiger partial charge on any atom is -0.383 e. The van der Waals surface area contributed by atoms with Gasteiger partial charge in [0.25, 0.3) is 0 Å². The van der Waals surface area contributed by atoms with Gasteiger partial charge in [-0.15, -0.1) is 11.3 Å². The van der Waals surface area contributed by atoms with E-state index in [1.54, 1.807) is 7.11 Å². The second-order valence-corrected chi connectivity index (χ2v) is 8.56. The molecule has 1 aromatic heterocycles. The van der Waals surface area contributed by atoms with Gasteiger partial charge < -0.3 is 10.1 Å². The Bertz CT molecular complexity index is 456. The fraction of sp³-hybridized carbons (Fsp3) is 0.824. The van der Waals surface area contributed by atoms with Crippen molar-refractivity contribution in [3.8, 4) is 0 Å². The Kier molecular flexibility index (Phi) is 5.11. The summed E-state index contributed by atoms with van der Waals surface area (Å²) in [7, 11) is 1.76. The van der Waals surface area contributed by atoms with Gasteiger partial charge >= 0.3 is 0 Å². The lowest BCUT2D eigenvalue weighted by molar-refractivity contribution is 0.0591. The van der Waals surface area contributed by atoms with Crippen LogP contribution in [-0.4, -0.2) is 25.2 Å². The van der Waals surface area contributed by atoms with Gasteiger partial charge in [0.05, 0.1) is 17.8 Å². The summed E-state index contributed by atoms with van der Waals surface area (Å²) in [5.41, 5.74) is 1.43. The number of aromatic nitrogens is 1. The van der Waals surface area contributed by atoms with E-state index in [-0.39, 0.29) is 11.0 Å². The molecule has 0 radical (unpaired) electrons. The standard InChI is InChI=1S/C17H30N2OS/c1-12(2)13-9-17(10-13,18-7-8-20-6)15-19-14(11-21-15)16(3,4)5/h11-13,18H,7-10H2,1-6H3. The molecule has 1 aliphatic rings. The van der Waals surface area contributed by atoms with Gasteiger partial charge in [0.1, 0.15) is 5.01 Å². The minimum absolute atomic E-state index is 0.0850. The van der Waals surface area contributed by atoms with Gasteiger partial charge in [-0.05, 0) is 24.7 Å². The molecule has 2 rings (SSSR count). The number of thiazole rings is 1. The lowest BCUT2D eigenvalue weighted by Gasteiger charge is -2.49. The lowest BCUT2D eigenvalue weighted by atomic mass is 9.64. The van der Waals surface area contributed by atoms with Crippen molar-refractivity contribution in [2.24, 2.45) is 11.8 Å². The summed E-state index contributed by atoms with van der Waals surface area (Å²) in [4.78, 5) is 4.96. The highest BCUT2D eigenvalue weighted by Crippen LogP contribution is 2.49. The average Bonchev–Trinajstić information content (AvgIpc) is 2.81. The fourth-order valence-electron chi connectivity index (χ4n) is 2.93. The van der Waals surface area contributed by atoms with E-state index in [2.05, 4.69) is 45.3 Å². The zero-order valence-electron chi connectivity index (χ0n) is 14.3. The fourth-order valence-corrected chi connectivity index (χ4v) is 4.18. The number of nitrogens with one attached hydrogen (secondary N) is 1. The van der Waals surface area contributed by atoms with E-state index in [1.807, 2.05) is 11.3 Å². The molecular weight excluding hydrogens is 280 g/mol. The van der Waals surface area contributed by atoms with Crippen LogP contribution in [0.4, 0.5) is 0 Å². The van der Waals surface area contributed by atoms with Crippen molar-refractivity contribution in [2.75, 3.05) is 20.3 Å². The van der Waals surface area contributed by atoms with E-state index in [9.17, 15) is 0 Å². The summed E-state index contributed by atoms with van der Waals surface area (Å²) in [6, 6.07) is 0. The summed E-state index contributed by atoms with van der Waals surface area (Å²) in [6.07, 6.45) is 2.40. The second-order valence-electron chi connectivity index (χ2n) is 7.70. The number of hydrogen-bond donors (Lipinski definition) is 1. The zero-order valence-corrected chi connectivity index (χ0v) is 15.1. The highest BCUT2D eigenvalue weighted by atomic mass is 32.1. The molecule has 4 heteroatoms. The zero-order chi connectivity index (χ0) is 15.7. The van der Waals surface area contributed by atoms with Crippen LogP contribution in [0.5, 0.6) is 0 Å². The molecule has 3 nitrogen and oxygen atoms in total. The van der Waals surface area contributed by atoms with Crippen molar-refractivity contribution in [1.82, 2.24) is 10.3 Å². The summed E-state index contributed by atoms with van der Waals surface area (Å²) < 4.78 is 5.20. The molecule has 1 saturated carbocycles. The van der Waals surface area contributed by atoms with Crippen molar-refractivity contribution in [3.05, 3.63) is 16.1 Å². The third-order valence-corrected chi connectivity index (χ3v) is 5.66. The quantitative estimate of drug-likeness (QED) is 0.808. The first-order valence-corrected chi connectivity index (χ1v) is 8.87. The molecule has 0 aromatic carbocycles. The summed E-state index contributed by atoms with van der Waals surface area (Å²) in [6.45, 7) is 13.0. The average molecular weight is 311 g/mol. The number of hydrogen-bond acceptors (Lipinski definition) is 4. The van der Waals surface area contributed by atoms with Crippen LogP contribution in [0.25, 0.3) is 0 Å². The van der Waals surface area contributed by atoms with E-state index in [1.165, 1.54) is 23.5 Å². The molecular formula is C17H30N2OS. The molecule has 0 saturated heterocycles. The molecule has 0 bridgehead atoms. The molecule has 1 aromatic rings. The van der Waals surface area contributed by atoms with E-state index in [0.29, 0.717) is 0 Å². The maximum absolute atomic E-state index is 5.20. The van der Waals surface area contributed by atoms with Gasteiger partial charge in [-0.3, -0.25) is 0 Å². The Balaban J connectivity index is 2.15. The van der Waals surface area contributed by atoms with Crippen molar-refractivity contribution < 1.29 is 4.74 Å². The SMILES string of the molecule is COCCNC1(c2nc(C(C)(C)C)cs2)CC(C(C)C)C1. The van der Waals surface area contributed by atoms with Gasteiger partial charge in [0.2, 0.25) is 0 Å². The lowest BCUT2D eigenvalue weighted by Crippen LogP contribution is -2.54. The monoisotopic (exact) mass is 310 g/mol. The Morgan fingerprint density at radius 1 is 1.43 bits per heavy atom. The maximum Gasteiger partial charge on any atom is 0.113 e. The molecule has 1 aliphatic carbocycles. The molecule has 1 heterocycles. The van der Waals surface area contributed by atoms with E-state index < -0.39 is 0 Å². The summed E-state index contributed by atoms with van der Waals surface area (Å²) in [5, 5.41) is 7.22. The predicted molar refractivity (Wildman–Crippen MR) is 89.9 cm³/mol. The van der Waals surface area contributed by atoms with Gasteiger partial charge in [-0.25, -0.2) is 4.98 Å². The molecule has 120 valence electrons. The Morgan fingerprint density at radius 2 is 2.10 bits per heavy atom. The summed E-state index contributed by atoms with van der Waals surface area (Å²) >= 11 is 1.82. The minimum atomic E-state index is 0.0850. The number of nitrogens with zero attached hydrogens (tertiary/aromatic N) is 1. The predicted octanol–water partition coefficient (Wildman–Crippen LogP) is 3.94. The molecule has 0 aliphatic heterocycles. The van der Waals surface area contributed by atoms with Gasteiger partial charge in [-0.1, -0.05) is 34.6 Å². The van der Waals surface area contributed by atoms with E-state index in [4.69, 9.17) is 9.72 Å². The molecule has 21 heavy (non-hydrogen) atoms. The highest BCUT2D eigenvalue weighted by molar-refractivity contribution is 7.09. The van der Waals surface area contributed by atoms with Gasteiger partial charge in [0, 0.05) is 24.4 Å². The van der Waals surface area contributed by atoms with Crippen LogP contribution in [0.3, 0.4) is 0 Å². The molecule has 0 unspecified atom stereocenters. The first-order valence-electron chi connectivity index (χ1n) is 7.99. The van der Waals surface area contributed by atoms with Crippen molar-refractivity contribution in [3.63, 3.8) is 0 Å². The molecule has 1 fully saturated rings. The first-order chi connectivity index (χ1) is 9.78. The highest BCUT2D eigenvalue weighted by Gasteiger charge is 2.48. The number of ether oxygens (including phenoxy) is 1. The second kappa shape index (κ2) is 6.35. The van der Waals surface area contributed by atoms with Gasteiger partial charge in [-0.2, -0.15) is 0 Å². The largest absolute Gasteiger partial charge is 0.383 e. The third kappa shape index (κ3) is 3.66. The van der Waals surface area contributed by atoms with Crippen LogP contribution in [0, 0.1) is 11.8 Å². The van der Waals surface area contributed by atoms with Gasteiger partial charge in [0.15, 0.2) is 0 Å². The van der Waals surface area contributed by atoms with Crippen molar-refractivity contribution in [2.45, 2.75) is 58.4 Å². The molecule has 1 N–H and O–H groups in total. The van der Waals surface area contributed by atoms with E-state index in [0.717, 1.165) is 25.0 Å². The maximum atomic E-state index is 5.20. The van der Waals surface area contributed by atoms with Crippen LogP contribution >= 0.6 is 11.3 Å². The normalized spacial score (nSPS) is 26.1. The van der Waals surface area contributed by atoms with Crippen LogP contribution in [-0.2, 0) is 15.7 Å². The van der Waals surface area contributed by atoms with Crippen LogP contribution in [0.1, 0.15) is 58.2 Å².